The molecule has 19 heavy (non-hydrogen) atoms. The fourth-order valence-corrected chi connectivity index (χ4v) is 2.11. The molecule has 2 amide bonds. The molecule has 2 rings (SSSR count). The van der Waals surface area contributed by atoms with Gasteiger partial charge in [0.1, 0.15) is 6.61 Å². The van der Waals surface area contributed by atoms with Crippen LogP contribution < -0.4 is 0 Å². The second-order valence-corrected chi connectivity index (χ2v) is 4.59. The van der Waals surface area contributed by atoms with Crippen molar-refractivity contribution in [3.8, 4) is 0 Å². The van der Waals surface area contributed by atoms with Gasteiger partial charge in [0.15, 0.2) is 0 Å². The highest BCUT2D eigenvalue weighted by Crippen LogP contribution is 2.20. The smallest absolute Gasteiger partial charge is 0.416 e. The van der Waals surface area contributed by atoms with E-state index >= 15 is 0 Å². The van der Waals surface area contributed by atoms with E-state index < -0.39 is 30.8 Å². The molecule has 0 saturated carbocycles. The van der Waals surface area contributed by atoms with Crippen LogP contribution in [0.25, 0.3) is 0 Å². The highest BCUT2D eigenvalue weighted by Gasteiger charge is 2.39. The average molecular weight is 264 g/mol. The van der Waals surface area contributed by atoms with E-state index in [0.29, 0.717) is 6.42 Å². The first kappa shape index (κ1) is 10.0. The van der Waals surface area contributed by atoms with E-state index in [4.69, 9.17) is 8.85 Å². The van der Waals surface area contributed by atoms with Crippen LogP contribution in [0.15, 0.2) is 30.3 Å². The monoisotopic (exact) mass is 264 g/mol. The molecule has 0 N–H and O–H groups in total. The third-order valence-electron chi connectivity index (χ3n) is 3.22. The van der Waals surface area contributed by atoms with Crippen LogP contribution in [0.5, 0.6) is 0 Å². The van der Waals surface area contributed by atoms with Gasteiger partial charge in [-0.15, -0.1) is 0 Å². The Bertz CT molecular complexity index is 545. The minimum absolute atomic E-state index is 0.0941. The lowest BCUT2D eigenvalue weighted by Crippen LogP contribution is -2.42. The molecule has 1 aliphatic heterocycles. The number of imide groups is 1. The summed E-state index contributed by atoms with van der Waals surface area (Å²) in [6.07, 6.45) is -0.152. The van der Waals surface area contributed by atoms with Gasteiger partial charge in [0.2, 0.25) is 5.91 Å². The summed E-state index contributed by atoms with van der Waals surface area (Å²) in [5.74, 6) is -1.86. The van der Waals surface area contributed by atoms with Crippen molar-refractivity contribution in [3.05, 3.63) is 35.9 Å². The van der Waals surface area contributed by atoms with Crippen LogP contribution in [0, 0.1) is 5.92 Å². The molecule has 0 aromatic heterocycles. The molecule has 1 aromatic carbocycles. The molecule has 0 unspecified atom stereocenters. The van der Waals surface area contributed by atoms with Crippen molar-refractivity contribution in [2.45, 2.75) is 32.7 Å². The Hall–Kier alpha value is -1.84. The average Bonchev–Trinajstić information content (AvgIpc) is 2.80. The quantitative estimate of drug-likeness (QED) is 0.839. The van der Waals surface area contributed by atoms with E-state index in [0.717, 1.165) is 10.5 Å². The number of ether oxygens (including phenoxy) is 1. The Morgan fingerprint density at radius 1 is 1.53 bits per heavy atom. The zero-order valence-corrected chi connectivity index (χ0v) is 10.8. The summed E-state index contributed by atoms with van der Waals surface area (Å²) < 4.78 is 27.4. The van der Waals surface area contributed by atoms with Gasteiger partial charge in [-0.3, -0.25) is 4.79 Å². The number of cyclic esters (lactones) is 1. The third-order valence-corrected chi connectivity index (χ3v) is 3.22. The molecule has 4 heteroatoms. The lowest BCUT2D eigenvalue weighted by atomic mass is 10.0. The number of carbonyl (C=O) groups excluding carboxylic acids is 2. The van der Waals surface area contributed by atoms with Crippen LogP contribution in [-0.2, 0) is 16.0 Å². The second-order valence-electron chi connectivity index (χ2n) is 4.59. The molecule has 1 heterocycles. The Kier molecular flexibility index (Phi) is 3.09. The first-order valence-electron chi connectivity index (χ1n) is 7.88. The molecule has 1 saturated heterocycles. The molecular formula is C15H19NO3. The van der Waals surface area contributed by atoms with E-state index in [2.05, 4.69) is 0 Å². The Balaban J connectivity index is 2.19. The van der Waals surface area contributed by atoms with Gasteiger partial charge >= 0.3 is 6.09 Å². The van der Waals surface area contributed by atoms with Crippen molar-refractivity contribution >= 4 is 12.0 Å². The number of hydrogen-bond acceptors (Lipinski definition) is 3. The molecule has 1 aromatic rings. The second kappa shape index (κ2) is 5.87. The summed E-state index contributed by atoms with van der Waals surface area (Å²) in [7, 11) is 0. The Labute approximate surface area is 117 Å². The van der Waals surface area contributed by atoms with Crippen LogP contribution in [0.4, 0.5) is 4.79 Å². The predicted octanol–water partition coefficient (Wildman–Crippen LogP) is 2.62. The Morgan fingerprint density at radius 2 is 2.26 bits per heavy atom. The molecule has 102 valence electrons. The van der Waals surface area contributed by atoms with Gasteiger partial charge in [0, 0.05) is 10.0 Å². The van der Waals surface area contributed by atoms with Crippen LogP contribution in [0.1, 0.15) is 29.9 Å². The number of rotatable bonds is 4. The van der Waals surface area contributed by atoms with E-state index in [-0.39, 0.29) is 13.0 Å². The normalized spacial score (nSPS) is 23.2. The lowest BCUT2D eigenvalue weighted by molar-refractivity contribution is -0.132. The van der Waals surface area contributed by atoms with Gasteiger partial charge in [-0.05, 0) is 18.4 Å². The van der Waals surface area contributed by atoms with E-state index in [1.165, 1.54) is 0 Å². The third kappa shape index (κ3) is 2.95. The summed E-state index contributed by atoms with van der Waals surface area (Å²) in [5, 5.41) is 0. The highest BCUT2D eigenvalue weighted by atomic mass is 16.6. The van der Waals surface area contributed by atoms with Gasteiger partial charge in [0.05, 0.1) is 6.04 Å². The van der Waals surface area contributed by atoms with Crippen LogP contribution in [-0.4, -0.2) is 29.5 Å². The summed E-state index contributed by atoms with van der Waals surface area (Å²) in [4.78, 5) is 25.3. The van der Waals surface area contributed by atoms with Crippen molar-refractivity contribution in [3.63, 3.8) is 0 Å². The molecular weight excluding hydrogens is 242 g/mol. The number of nitrogens with zero attached hydrogens (tertiary/aromatic N) is 1. The maximum atomic E-state index is 12.5. The summed E-state index contributed by atoms with van der Waals surface area (Å²) in [6.45, 7) is -0.703. The van der Waals surface area contributed by atoms with Gasteiger partial charge in [-0.2, -0.15) is 0 Å². The van der Waals surface area contributed by atoms with E-state index in [1.807, 2.05) is 30.3 Å². The summed E-state index contributed by atoms with van der Waals surface area (Å²) >= 11 is 0. The van der Waals surface area contributed by atoms with Crippen molar-refractivity contribution < 1.29 is 18.4 Å². The van der Waals surface area contributed by atoms with Crippen LogP contribution >= 0.6 is 0 Å². The first-order valence-corrected chi connectivity index (χ1v) is 6.38. The van der Waals surface area contributed by atoms with E-state index in [9.17, 15) is 9.59 Å². The number of hydrogen-bond donors (Lipinski definition) is 0. The largest absolute Gasteiger partial charge is 0.447 e. The number of benzene rings is 1. The van der Waals surface area contributed by atoms with Gasteiger partial charge in [-0.25, -0.2) is 9.69 Å². The molecule has 4 nitrogen and oxygen atoms in total. The summed E-state index contributed by atoms with van der Waals surface area (Å²) in [5.41, 5.74) is 0.963. The van der Waals surface area contributed by atoms with Crippen molar-refractivity contribution in [2.24, 2.45) is 5.92 Å². The highest BCUT2D eigenvalue weighted by molar-refractivity contribution is 5.94. The molecule has 0 radical (unpaired) electrons. The minimum atomic E-state index is -2.42. The number of carbonyl (C=O) groups is 2. The molecule has 0 aliphatic carbocycles. The number of amides is 2. The van der Waals surface area contributed by atoms with Crippen LogP contribution in [0.3, 0.4) is 0 Å². The van der Waals surface area contributed by atoms with Crippen molar-refractivity contribution in [2.75, 3.05) is 6.61 Å². The standard InChI is InChI=1S/C15H19NO3/c1-3-11(2)14(17)16-13(10-19-15(16)18)9-12-7-5-4-6-8-12/h4-8,11,13H,3,9-10H2,1-2H3/t11-,13-/m0/s1/i2D3. The zero-order valence-electron chi connectivity index (χ0n) is 13.8. The van der Waals surface area contributed by atoms with Gasteiger partial charge in [0.25, 0.3) is 0 Å². The predicted molar refractivity (Wildman–Crippen MR) is 71.6 cm³/mol. The first-order chi connectivity index (χ1) is 10.3. The summed E-state index contributed by atoms with van der Waals surface area (Å²) in [6, 6.07) is 8.95. The SMILES string of the molecule is [2H]C([2H])([2H])[C@@H](CC)C(=O)N1C(=O)OC[C@@H]1Cc1ccccc1. The lowest BCUT2D eigenvalue weighted by Gasteiger charge is -2.22. The fourth-order valence-electron chi connectivity index (χ4n) is 2.11. The van der Waals surface area contributed by atoms with Crippen molar-refractivity contribution in [1.82, 2.24) is 4.90 Å². The molecule has 1 aliphatic rings. The minimum Gasteiger partial charge on any atom is -0.447 e. The molecule has 0 bridgehead atoms. The molecule has 2 atom stereocenters. The zero-order chi connectivity index (χ0) is 16.3. The van der Waals surface area contributed by atoms with Crippen molar-refractivity contribution in [1.29, 1.82) is 0 Å². The maximum Gasteiger partial charge on any atom is 0.416 e. The van der Waals surface area contributed by atoms with Gasteiger partial charge < -0.3 is 4.74 Å². The maximum absolute atomic E-state index is 12.5. The van der Waals surface area contributed by atoms with Gasteiger partial charge in [-0.1, -0.05) is 44.1 Å². The Morgan fingerprint density at radius 3 is 2.89 bits per heavy atom. The topological polar surface area (TPSA) is 46.6 Å². The molecule has 1 fully saturated rings. The molecule has 0 spiro atoms. The fraction of sp³-hybridized carbons (Fsp3) is 0.467. The van der Waals surface area contributed by atoms with Crippen LogP contribution in [0.2, 0.25) is 0 Å². The van der Waals surface area contributed by atoms with E-state index in [1.54, 1.807) is 6.92 Å².